The second-order valence-corrected chi connectivity index (χ2v) is 3.53. The first-order chi connectivity index (χ1) is 5.79. The third-order valence-corrected chi connectivity index (χ3v) is 2.96. The number of ether oxygens (including phenoxy) is 1. The van der Waals surface area contributed by atoms with Gasteiger partial charge in [-0.25, -0.2) is 0 Å². The summed E-state index contributed by atoms with van der Waals surface area (Å²) in [5, 5.41) is 17.7. The average molecular weight is 174 g/mol. The lowest BCUT2D eigenvalue weighted by Crippen LogP contribution is -2.53. The second kappa shape index (κ2) is 4.21. The number of hydrogen-bond acceptors (Lipinski definition) is 3. The van der Waals surface area contributed by atoms with Gasteiger partial charge in [0.1, 0.15) is 0 Å². The molecule has 0 radical (unpaired) electrons. The van der Waals surface area contributed by atoms with E-state index in [1.54, 1.807) is 0 Å². The van der Waals surface area contributed by atoms with E-state index >= 15 is 0 Å². The fourth-order valence-corrected chi connectivity index (χ4v) is 1.85. The summed E-state index contributed by atoms with van der Waals surface area (Å²) in [5.41, 5.74) is 0.150. The van der Waals surface area contributed by atoms with Crippen molar-refractivity contribution in [1.29, 1.82) is 0 Å². The lowest BCUT2D eigenvalue weighted by molar-refractivity contribution is -0.207. The maximum absolute atomic E-state index is 8.96. The molecule has 0 aromatic rings. The Kier molecular flexibility index (Phi) is 3.50. The molecule has 0 aromatic carbocycles. The molecule has 1 aliphatic rings. The lowest BCUT2D eigenvalue weighted by Gasteiger charge is -2.48. The van der Waals surface area contributed by atoms with Crippen LogP contribution >= 0.6 is 0 Å². The van der Waals surface area contributed by atoms with E-state index in [-0.39, 0.29) is 24.7 Å². The third kappa shape index (κ3) is 1.63. The van der Waals surface area contributed by atoms with Crippen LogP contribution in [0.1, 0.15) is 26.2 Å². The topological polar surface area (TPSA) is 49.7 Å². The normalized spacial score (nSPS) is 34.8. The molecule has 2 unspecified atom stereocenters. The Morgan fingerprint density at radius 3 is 2.58 bits per heavy atom. The second-order valence-electron chi connectivity index (χ2n) is 3.53. The summed E-state index contributed by atoms with van der Waals surface area (Å²) in [6.07, 6.45) is 2.81. The Balaban J connectivity index is 2.40. The van der Waals surface area contributed by atoms with Gasteiger partial charge in [-0.15, -0.1) is 0 Å². The molecule has 3 heteroatoms. The van der Waals surface area contributed by atoms with Crippen molar-refractivity contribution in [3.8, 4) is 0 Å². The van der Waals surface area contributed by atoms with E-state index in [0.29, 0.717) is 0 Å². The zero-order valence-electron chi connectivity index (χ0n) is 7.62. The first-order valence-corrected chi connectivity index (χ1v) is 4.62. The highest BCUT2D eigenvalue weighted by molar-refractivity contribution is 4.93. The number of hydrogen-bond donors (Lipinski definition) is 2. The maximum Gasteiger partial charge on any atom is 0.0883 e. The minimum atomic E-state index is 0.00838. The van der Waals surface area contributed by atoms with Crippen LogP contribution in [-0.2, 0) is 4.74 Å². The van der Waals surface area contributed by atoms with E-state index in [0.717, 1.165) is 25.9 Å². The fourth-order valence-electron chi connectivity index (χ4n) is 1.85. The first-order valence-electron chi connectivity index (χ1n) is 4.62. The summed E-state index contributed by atoms with van der Waals surface area (Å²) in [4.78, 5) is 0. The van der Waals surface area contributed by atoms with Crippen molar-refractivity contribution < 1.29 is 14.9 Å². The van der Waals surface area contributed by atoms with Crippen molar-refractivity contribution >= 4 is 0 Å². The summed E-state index contributed by atoms with van der Waals surface area (Å²) in [6, 6.07) is 0. The molecule has 72 valence electrons. The van der Waals surface area contributed by atoms with Crippen molar-refractivity contribution in [2.45, 2.75) is 32.3 Å². The van der Waals surface area contributed by atoms with Crippen LogP contribution in [-0.4, -0.2) is 36.1 Å². The van der Waals surface area contributed by atoms with Gasteiger partial charge in [-0.05, 0) is 19.3 Å². The van der Waals surface area contributed by atoms with Crippen LogP contribution in [0.25, 0.3) is 0 Å². The molecule has 1 aliphatic heterocycles. The SMILES string of the molecule is CCC1(CCCO)COC1CO. The molecule has 0 bridgehead atoms. The highest BCUT2D eigenvalue weighted by atomic mass is 16.5. The third-order valence-electron chi connectivity index (χ3n) is 2.96. The summed E-state index contributed by atoms with van der Waals surface area (Å²) >= 11 is 0. The summed E-state index contributed by atoms with van der Waals surface area (Å²) < 4.78 is 5.25. The number of aliphatic hydroxyl groups excluding tert-OH is 2. The summed E-state index contributed by atoms with van der Waals surface area (Å²) in [6.45, 7) is 3.20. The predicted octanol–water partition coefficient (Wildman–Crippen LogP) is 0.546. The highest BCUT2D eigenvalue weighted by Gasteiger charge is 2.45. The molecular formula is C9H18O3. The standard InChI is InChI=1S/C9H18O3/c1-2-9(4-3-5-10)7-12-8(9)6-11/h8,10-11H,2-7H2,1H3. The van der Waals surface area contributed by atoms with Gasteiger partial charge in [0, 0.05) is 12.0 Å². The Hall–Kier alpha value is -0.120. The van der Waals surface area contributed by atoms with E-state index in [2.05, 4.69) is 6.92 Å². The monoisotopic (exact) mass is 174 g/mol. The first kappa shape index (κ1) is 9.96. The van der Waals surface area contributed by atoms with Crippen LogP contribution in [0.2, 0.25) is 0 Å². The largest absolute Gasteiger partial charge is 0.396 e. The molecule has 1 saturated heterocycles. The quantitative estimate of drug-likeness (QED) is 0.640. The van der Waals surface area contributed by atoms with Crippen molar-refractivity contribution in [1.82, 2.24) is 0 Å². The molecule has 0 aliphatic carbocycles. The molecule has 1 heterocycles. The minimum Gasteiger partial charge on any atom is -0.396 e. The maximum atomic E-state index is 8.96. The van der Waals surface area contributed by atoms with Gasteiger partial charge in [0.15, 0.2) is 0 Å². The van der Waals surface area contributed by atoms with E-state index in [4.69, 9.17) is 14.9 Å². The zero-order valence-corrected chi connectivity index (χ0v) is 7.62. The van der Waals surface area contributed by atoms with Gasteiger partial charge < -0.3 is 14.9 Å². The van der Waals surface area contributed by atoms with Crippen LogP contribution in [0, 0.1) is 5.41 Å². The van der Waals surface area contributed by atoms with Gasteiger partial charge in [0.2, 0.25) is 0 Å². The number of rotatable bonds is 5. The van der Waals surface area contributed by atoms with E-state index in [1.165, 1.54) is 0 Å². The highest BCUT2D eigenvalue weighted by Crippen LogP contribution is 2.42. The van der Waals surface area contributed by atoms with E-state index in [9.17, 15) is 0 Å². The van der Waals surface area contributed by atoms with E-state index in [1.807, 2.05) is 0 Å². The van der Waals surface area contributed by atoms with Crippen molar-refractivity contribution in [3.63, 3.8) is 0 Å². The Morgan fingerprint density at radius 1 is 1.50 bits per heavy atom. The lowest BCUT2D eigenvalue weighted by atomic mass is 9.72. The van der Waals surface area contributed by atoms with Crippen molar-refractivity contribution in [2.24, 2.45) is 5.41 Å². The molecule has 3 nitrogen and oxygen atoms in total. The van der Waals surface area contributed by atoms with Crippen molar-refractivity contribution in [2.75, 3.05) is 19.8 Å². The molecule has 1 rings (SSSR count). The molecule has 0 aromatic heterocycles. The van der Waals surface area contributed by atoms with Gasteiger partial charge in [-0.2, -0.15) is 0 Å². The summed E-state index contributed by atoms with van der Waals surface area (Å²) in [5.74, 6) is 0. The molecule has 0 amide bonds. The smallest absolute Gasteiger partial charge is 0.0883 e. The molecule has 1 fully saturated rings. The molecule has 0 spiro atoms. The van der Waals surface area contributed by atoms with Crippen molar-refractivity contribution in [3.05, 3.63) is 0 Å². The fraction of sp³-hybridized carbons (Fsp3) is 1.00. The van der Waals surface area contributed by atoms with E-state index < -0.39 is 0 Å². The van der Waals surface area contributed by atoms with Gasteiger partial charge in [0.05, 0.1) is 19.3 Å². The van der Waals surface area contributed by atoms with Gasteiger partial charge in [-0.1, -0.05) is 6.92 Å². The Labute approximate surface area is 73.4 Å². The molecular weight excluding hydrogens is 156 g/mol. The zero-order chi connectivity index (χ0) is 9.03. The van der Waals surface area contributed by atoms with Crippen LogP contribution in [0.4, 0.5) is 0 Å². The molecule has 12 heavy (non-hydrogen) atoms. The Morgan fingerprint density at radius 2 is 2.25 bits per heavy atom. The molecule has 0 saturated carbocycles. The van der Waals surface area contributed by atoms with Crippen LogP contribution in [0.15, 0.2) is 0 Å². The summed E-state index contributed by atoms with van der Waals surface area (Å²) in [7, 11) is 0. The van der Waals surface area contributed by atoms with Crippen LogP contribution < -0.4 is 0 Å². The minimum absolute atomic E-state index is 0.00838. The van der Waals surface area contributed by atoms with Gasteiger partial charge >= 0.3 is 0 Å². The van der Waals surface area contributed by atoms with Crippen LogP contribution in [0.5, 0.6) is 0 Å². The van der Waals surface area contributed by atoms with Crippen LogP contribution in [0.3, 0.4) is 0 Å². The van der Waals surface area contributed by atoms with Gasteiger partial charge in [0.25, 0.3) is 0 Å². The molecule has 2 atom stereocenters. The predicted molar refractivity (Wildman–Crippen MR) is 45.9 cm³/mol. The average Bonchev–Trinajstić information content (AvgIpc) is 2.06. The molecule has 2 N–H and O–H groups in total. The van der Waals surface area contributed by atoms with Gasteiger partial charge in [-0.3, -0.25) is 0 Å². The Bertz CT molecular complexity index is 132. The number of aliphatic hydroxyl groups is 2.